The maximum Gasteiger partial charge on any atom is 0.270 e. The first-order valence-electron chi connectivity index (χ1n) is 8.83. The van der Waals surface area contributed by atoms with E-state index in [2.05, 4.69) is 10.5 Å². The lowest BCUT2D eigenvalue weighted by molar-refractivity contribution is -0.385. The normalized spacial score (nSPS) is 16.2. The molecule has 3 rings (SSSR count). The SMILES string of the molecule is CN1CCN(S(=O)(=O)c2cc([N+](=O)[O-])ccc2N/N=C\c2ccccc2O)CC1. The van der Waals surface area contributed by atoms with E-state index in [1.54, 1.807) is 18.2 Å². The van der Waals surface area contributed by atoms with Gasteiger partial charge in [0.25, 0.3) is 5.69 Å². The predicted molar refractivity (Wildman–Crippen MR) is 109 cm³/mol. The molecule has 154 valence electrons. The van der Waals surface area contributed by atoms with Gasteiger partial charge in [0.2, 0.25) is 10.0 Å². The van der Waals surface area contributed by atoms with E-state index in [1.165, 1.54) is 28.7 Å². The van der Waals surface area contributed by atoms with Crippen LogP contribution < -0.4 is 5.43 Å². The number of nitro benzene ring substituents is 1. The molecule has 2 aromatic rings. The molecule has 0 bridgehead atoms. The molecule has 11 heteroatoms. The summed E-state index contributed by atoms with van der Waals surface area (Å²) in [5.74, 6) is 0.0204. The van der Waals surface area contributed by atoms with Crippen molar-refractivity contribution in [1.82, 2.24) is 9.21 Å². The van der Waals surface area contributed by atoms with Crippen molar-refractivity contribution in [3.63, 3.8) is 0 Å². The molecule has 1 fully saturated rings. The molecule has 1 saturated heterocycles. The minimum atomic E-state index is -3.96. The van der Waals surface area contributed by atoms with Crippen molar-refractivity contribution >= 4 is 27.6 Å². The molecule has 1 aliphatic heterocycles. The second kappa shape index (κ2) is 8.55. The van der Waals surface area contributed by atoms with Crippen LogP contribution in [0, 0.1) is 10.1 Å². The van der Waals surface area contributed by atoms with Gasteiger partial charge in [-0.3, -0.25) is 15.5 Å². The minimum Gasteiger partial charge on any atom is -0.507 e. The Hall–Kier alpha value is -3.02. The first kappa shape index (κ1) is 20.7. The predicted octanol–water partition coefficient (Wildman–Crippen LogP) is 1.68. The first-order valence-corrected chi connectivity index (χ1v) is 10.3. The Bertz CT molecular complexity index is 1030. The molecular weight excluding hydrogens is 398 g/mol. The average Bonchev–Trinajstić information content (AvgIpc) is 2.69. The van der Waals surface area contributed by atoms with Gasteiger partial charge in [-0.05, 0) is 25.2 Å². The number of aromatic hydroxyl groups is 1. The summed E-state index contributed by atoms with van der Waals surface area (Å²) in [5.41, 5.74) is 2.85. The van der Waals surface area contributed by atoms with E-state index in [9.17, 15) is 23.6 Å². The summed E-state index contributed by atoms with van der Waals surface area (Å²) in [7, 11) is -2.06. The average molecular weight is 419 g/mol. The number of nitrogens with one attached hydrogen (secondary N) is 1. The van der Waals surface area contributed by atoms with Gasteiger partial charge in [-0.25, -0.2) is 8.42 Å². The van der Waals surface area contributed by atoms with E-state index in [-0.39, 0.29) is 22.0 Å². The molecule has 0 amide bonds. The second-order valence-electron chi connectivity index (χ2n) is 6.57. The Balaban J connectivity index is 1.93. The van der Waals surface area contributed by atoms with Gasteiger partial charge in [-0.1, -0.05) is 12.1 Å². The summed E-state index contributed by atoms with van der Waals surface area (Å²) in [6, 6.07) is 10.1. The number of hydrogen-bond acceptors (Lipinski definition) is 8. The fourth-order valence-electron chi connectivity index (χ4n) is 2.87. The summed E-state index contributed by atoms with van der Waals surface area (Å²) in [5, 5.41) is 24.9. The molecule has 29 heavy (non-hydrogen) atoms. The highest BCUT2D eigenvalue weighted by Gasteiger charge is 2.31. The number of rotatable bonds is 6. The lowest BCUT2D eigenvalue weighted by Crippen LogP contribution is -2.47. The third-order valence-corrected chi connectivity index (χ3v) is 6.52. The Kier molecular flexibility index (Phi) is 6.11. The number of nitro groups is 1. The Morgan fingerprint density at radius 2 is 1.86 bits per heavy atom. The van der Waals surface area contributed by atoms with Gasteiger partial charge < -0.3 is 10.0 Å². The number of hydrazone groups is 1. The largest absolute Gasteiger partial charge is 0.507 e. The monoisotopic (exact) mass is 419 g/mol. The number of sulfonamides is 1. The Morgan fingerprint density at radius 3 is 2.52 bits per heavy atom. The molecule has 2 aromatic carbocycles. The van der Waals surface area contributed by atoms with E-state index in [1.807, 2.05) is 11.9 Å². The highest BCUT2D eigenvalue weighted by molar-refractivity contribution is 7.89. The van der Waals surface area contributed by atoms with E-state index >= 15 is 0 Å². The molecule has 1 heterocycles. The molecule has 1 aliphatic rings. The van der Waals surface area contributed by atoms with E-state index in [4.69, 9.17) is 0 Å². The van der Waals surface area contributed by atoms with Crippen LogP contribution in [0.1, 0.15) is 5.56 Å². The molecule has 0 atom stereocenters. The molecule has 0 unspecified atom stereocenters. The van der Waals surface area contributed by atoms with Crippen LogP contribution in [0.3, 0.4) is 0 Å². The van der Waals surface area contributed by atoms with E-state index < -0.39 is 14.9 Å². The summed E-state index contributed by atoms with van der Waals surface area (Å²) in [4.78, 5) is 12.3. The molecule has 2 N–H and O–H groups in total. The smallest absolute Gasteiger partial charge is 0.270 e. The highest BCUT2D eigenvalue weighted by atomic mass is 32.2. The van der Waals surface area contributed by atoms with Crippen molar-refractivity contribution in [2.75, 3.05) is 38.7 Å². The van der Waals surface area contributed by atoms with Crippen LogP contribution >= 0.6 is 0 Å². The zero-order chi connectivity index (χ0) is 21.0. The minimum absolute atomic E-state index is 0.0204. The third-order valence-electron chi connectivity index (χ3n) is 4.58. The van der Waals surface area contributed by atoms with Crippen molar-refractivity contribution in [3.05, 3.63) is 58.1 Å². The molecule has 0 radical (unpaired) electrons. The van der Waals surface area contributed by atoms with Crippen LogP contribution in [0.25, 0.3) is 0 Å². The number of likely N-dealkylation sites (N-methyl/N-ethyl adjacent to an activating group) is 1. The van der Waals surface area contributed by atoms with Gasteiger partial charge in [-0.15, -0.1) is 0 Å². The van der Waals surface area contributed by atoms with Crippen LogP contribution in [0.4, 0.5) is 11.4 Å². The van der Waals surface area contributed by atoms with Gasteiger partial charge in [-0.2, -0.15) is 9.41 Å². The molecule has 0 saturated carbocycles. The number of phenolic OH excluding ortho intramolecular Hbond substituents is 1. The maximum absolute atomic E-state index is 13.1. The number of hydrogen-bond donors (Lipinski definition) is 2. The highest BCUT2D eigenvalue weighted by Crippen LogP contribution is 2.29. The van der Waals surface area contributed by atoms with Gasteiger partial charge in [0, 0.05) is 43.9 Å². The van der Waals surface area contributed by atoms with Crippen LogP contribution in [-0.2, 0) is 10.0 Å². The third kappa shape index (κ3) is 4.70. The van der Waals surface area contributed by atoms with Gasteiger partial charge in [0.1, 0.15) is 10.6 Å². The number of piperazine rings is 1. The van der Waals surface area contributed by atoms with Crippen LogP contribution in [-0.4, -0.2) is 67.1 Å². The Morgan fingerprint density at radius 1 is 1.17 bits per heavy atom. The van der Waals surface area contributed by atoms with E-state index in [0.29, 0.717) is 31.7 Å². The number of non-ortho nitro benzene ring substituents is 1. The van der Waals surface area contributed by atoms with Crippen molar-refractivity contribution in [2.24, 2.45) is 5.10 Å². The number of nitrogens with zero attached hydrogens (tertiary/aromatic N) is 4. The maximum atomic E-state index is 13.1. The number of para-hydroxylation sites is 1. The quantitative estimate of drug-likeness (QED) is 0.414. The van der Waals surface area contributed by atoms with Crippen molar-refractivity contribution in [2.45, 2.75) is 4.90 Å². The second-order valence-corrected chi connectivity index (χ2v) is 8.48. The molecule has 0 aromatic heterocycles. The van der Waals surface area contributed by atoms with Gasteiger partial charge in [0.15, 0.2) is 0 Å². The van der Waals surface area contributed by atoms with Crippen molar-refractivity contribution in [3.8, 4) is 5.75 Å². The summed E-state index contributed by atoms with van der Waals surface area (Å²) < 4.78 is 27.6. The number of benzene rings is 2. The summed E-state index contributed by atoms with van der Waals surface area (Å²) in [6.45, 7) is 1.73. The molecule has 10 nitrogen and oxygen atoms in total. The molecule has 0 aliphatic carbocycles. The zero-order valence-electron chi connectivity index (χ0n) is 15.7. The van der Waals surface area contributed by atoms with E-state index in [0.717, 1.165) is 6.07 Å². The summed E-state index contributed by atoms with van der Waals surface area (Å²) >= 11 is 0. The first-order chi connectivity index (χ1) is 13.8. The van der Waals surface area contributed by atoms with Crippen LogP contribution in [0.2, 0.25) is 0 Å². The zero-order valence-corrected chi connectivity index (χ0v) is 16.5. The lowest BCUT2D eigenvalue weighted by Gasteiger charge is -2.31. The fraction of sp³-hybridized carbons (Fsp3) is 0.278. The fourth-order valence-corrected chi connectivity index (χ4v) is 4.45. The topological polar surface area (TPSA) is 128 Å². The standard InChI is InChI=1S/C18H21N5O5S/c1-21-8-10-22(11-9-21)29(27,28)18-12-15(23(25)26)6-7-16(18)20-19-13-14-4-2-3-5-17(14)24/h2-7,12-13,20,24H,8-11H2,1H3/b19-13-. The Labute approximate surface area is 168 Å². The van der Waals surface area contributed by atoms with Crippen molar-refractivity contribution < 1.29 is 18.4 Å². The van der Waals surface area contributed by atoms with Crippen LogP contribution in [0.15, 0.2) is 52.5 Å². The van der Waals surface area contributed by atoms with Crippen molar-refractivity contribution in [1.29, 1.82) is 0 Å². The number of phenols is 1. The van der Waals surface area contributed by atoms with Gasteiger partial charge in [0.05, 0.1) is 16.8 Å². The lowest BCUT2D eigenvalue weighted by atomic mass is 10.2. The summed E-state index contributed by atoms with van der Waals surface area (Å²) in [6.07, 6.45) is 1.34. The molecular formula is C18H21N5O5S. The molecule has 0 spiro atoms. The van der Waals surface area contributed by atoms with Gasteiger partial charge >= 0.3 is 0 Å². The van der Waals surface area contributed by atoms with Crippen LogP contribution in [0.5, 0.6) is 5.75 Å². The number of anilines is 1.